The second kappa shape index (κ2) is 7.26. The molecule has 0 fully saturated rings. The minimum absolute atomic E-state index is 0.309. The summed E-state index contributed by atoms with van der Waals surface area (Å²) in [6.07, 6.45) is 0. The van der Waals surface area contributed by atoms with Gasteiger partial charge in [-0.25, -0.2) is 13.4 Å². The molecule has 0 aliphatic heterocycles. The van der Waals surface area contributed by atoms with Crippen LogP contribution in [0.3, 0.4) is 0 Å². The number of hydrogen-bond acceptors (Lipinski definition) is 6. The Morgan fingerprint density at radius 3 is 2.48 bits per heavy atom. The van der Waals surface area contributed by atoms with Crippen molar-refractivity contribution < 1.29 is 13.3 Å². The molecule has 0 unspecified atom stereocenters. The Kier molecular flexibility index (Phi) is 4.77. The molecular formula is C20H15N3O4S2. The molecule has 29 heavy (non-hydrogen) atoms. The molecule has 0 saturated carbocycles. The Morgan fingerprint density at radius 2 is 1.76 bits per heavy atom. The molecule has 1 heterocycles. The monoisotopic (exact) mass is 425 g/mol. The van der Waals surface area contributed by atoms with E-state index in [2.05, 4.69) is 15.8 Å². The number of hydrogen-bond donors (Lipinski definition) is 1. The van der Waals surface area contributed by atoms with Gasteiger partial charge in [-0.05, 0) is 55.0 Å². The van der Waals surface area contributed by atoms with Gasteiger partial charge in [-0.2, -0.15) is 0 Å². The van der Waals surface area contributed by atoms with Crippen LogP contribution in [-0.2, 0) is 10.0 Å². The van der Waals surface area contributed by atoms with Crippen molar-refractivity contribution in [3.63, 3.8) is 0 Å². The molecule has 0 radical (unpaired) electrons. The molecule has 1 N–H and O–H groups in total. The van der Waals surface area contributed by atoms with Crippen LogP contribution >= 0.6 is 11.3 Å². The largest absolute Gasteiger partial charge is 0.289 e. The summed E-state index contributed by atoms with van der Waals surface area (Å²) in [5.74, 6) is 0. The molecule has 4 aromatic rings. The van der Waals surface area contributed by atoms with Gasteiger partial charge in [0.1, 0.15) is 5.01 Å². The average molecular weight is 425 g/mol. The number of aromatic nitrogens is 1. The van der Waals surface area contributed by atoms with Gasteiger partial charge in [0.05, 0.1) is 15.1 Å². The third-order valence-electron chi connectivity index (χ3n) is 4.28. The highest BCUT2D eigenvalue weighted by Crippen LogP contribution is 2.32. The fourth-order valence-electron chi connectivity index (χ4n) is 2.88. The van der Waals surface area contributed by atoms with Gasteiger partial charge in [0.2, 0.25) is 0 Å². The topological polar surface area (TPSA) is 102 Å². The Balaban J connectivity index is 1.62. The quantitative estimate of drug-likeness (QED) is 0.359. The summed E-state index contributed by atoms with van der Waals surface area (Å²) in [5, 5.41) is 12.0. The molecule has 3 aromatic carbocycles. The maximum absolute atomic E-state index is 12.6. The highest BCUT2D eigenvalue weighted by molar-refractivity contribution is 7.92. The molecule has 0 amide bonds. The second-order valence-electron chi connectivity index (χ2n) is 6.40. The van der Waals surface area contributed by atoms with E-state index in [0.29, 0.717) is 5.69 Å². The lowest BCUT2D eigenvalue weighted by Crippen LogP contribution is -2.14. The standard InChI is InChI=1S/C20H15N3O4S2/c1-13-6-11-16-18(12-13)28-20(21-16)14-7-9-15(10-8-14)22-29(26,27)19-5-3-2-4-17(19)23(24)25/h2-12,22H,1H3. The van der Waals surface area contributed by atoms with E-state index in [1.165, 1.54) is 18.2 Å². The van der Waals surface area contributed by atoms with E-state index in [9.17, 15) is 18.5 Å². The Bertz CT molecular complexity index is 1330. The fourth-order valence-corrected chi connectivity index (χ4v) is 5.18. The SMILES string of the molecule is Cc1ccc2nc(-c3ccc(NS(=O)(=O)c4ccccc4[N+](=O)[O-])cc3)sc2c1. The van der Waals surface area contributed by atoms with E-state index in [1.54, 1.807) is 35.6 Å². The van der Waals surface area contributed by atoms with E-state index < -0.39 is 20.6 Å². The average Bonchev–Trinajstić information content (AvgIpc) is 3.11. The van der Waals surface area contributed by atoms with Crippen LogP contribution < -0.4 is 4.72 Å². The van der Waals surface area contributed by atoms with E-state index in [-0.39, 0.29) is 4.90 Å². The van der Waals surface area contributed by atoms with E-state index in [0.717, 1.165) is 32.4 Å². The third-order valence-corrected chi connectivity index (χ3v) is 6.78. The van der Waals surface area contributed by atoms with Crippen molar-refractivity contribution in [3.8, 4) is 10.6 Å². The van der Waals surface area contributed by atoms with Gasteiger partial charge >= 0.3 is 0 Å². The van der Waals surface area contributed by atoms with Gasteiger partial charge in [0.15, 0.2) is 4.90 Å². The molecule has 0 bridgehead atoms. The van der Waals surface area contributed by atoms with Crippen LogP contribution in [0, 0.1) is 17.0 Å². The molecule has 0 aliphatic rings. The molecule has 1 aromatic heterocycles. The van der Waals surface area contributed by atoms with Crippen molar-refractivity contribution >= 4 is 43.0 Å². The van der Waals surface area contributed by atoms with Crippen LogP contribution in [0.1, 0.15) is 5.56 Å². The van der Waals surface area contributed by atoms with Crippen molar-refractivity contribution in [1.29, 1.82) is 0 Å². The zero-order valence-electron chi connectivity index (χ0n) is 15.2. The number of fused-ring (bicyclic) bond motifs is 1. The van der Waals surface area contributed by atoms with Crippen LogP contribution in [0.5, 0.6) is 0 Å². The molecule has 7 nitrogen and oxygen atoms in total. The minimum Gasteiger partial charge on any atom is -0.279 e. The van der Waals surface area contributed by atoms with Gasteiger partial charge in [-0.15, -0.1) is 11.3 Å². The molecule has 146 valence electrons. The number of sulfonamides is 1. The summed E-state index contributed by atoms with van der Waals surface area (Å²) in [6.45, 7) is 2.02. The predicted molar refractivity (Wildman–Crippen MR) is 114 cm³/mol. The summed E-state index contributed by atoms with van der Waals surface area (Å²) in [4.78, 5) is 14.6. The van der Waals surface area contributed by atoms with Crippen LogP contribution in [-0.4, -0.2) is 18.3 Å². The smallest absolute Gasteiger partial charge is 0.279 e. The molecule has 0 aliphatic carbocycles. The number of aryl methyl sites for hydroxylation is 1. The van der Waals surface area contributed by atoms with Crippen molar-refractivity contribution in [3.05, 3.63) is 82.4 Å². The number of thiazole rings is 1. The number of anilines is 1. The normalized spacial score (nSPS) is 11.5. The van der Waals surface area contributed by atoms with Crippen LogP contribution in [0.25, 0.3) is 20.8 Å². The maximum atomic E-state index is 12.6. The fraction of sp³-hybridized carbons (Fsp3) is 0.0500. The van der Waals surface area contributed by atoms with Crippen molar-refractivity contribution in [2.45, 2.75) is 11.8 Å². The van der Waals surface area contributed by atoms with Crippen LogP contribution in [0.2, 0.25) is 0 Å². The van der Waals surface area contributed by atoms with Crippen LogP contribution in [0.15, 0.2) is 71.6 Å². The summed E-state index contributed by atoms with van der Waals surface area (Å²) >= 11 is 1.56. The Hall–Kier alpha value is -3.30. The first-order valence-corrected chi connectivity index (χ1v) is 10.9. The predicted octanol–water partition coefficient (Wildman–Crippen LogP) is 4.98. The van der Waals surface area contributed by atoms with Gasteiger partial charge in [-0.1, -0.05) is 18.2 Å². The number of para-hydroxylation sites is 1. The number of nitrogens with zero attached hydrogens (tertiary/aromatic N) is 2. The lowest BCUT2D eigenvalue weighted by Gasteiger charge is -2.08. The van der Waals surface area contributed by atoms with Crippen molar-refractivity contribution in [2.75, 3.05) is 4.72 Å². The van der Waals surface area contributed by atoms with Crippen molar-refractivity contribution in [2.24, 2.45) is 0 Å². The summed E-state index contributed by atoms with van der Waals surface area (Å²) in [6, 6.07) is 18.0. The zero-order chi connectivity index (χ0) is 20.6. The number of nitro benzene ring substituents is 1. The molecule has 9 heteroatoms. The summed E-state index contributed by atoms with van der Waals surface area (Å²) < 4.78 is 28.7. The first-order chi connectivity index (χ1) is 13.8. The van der Waals surface area contributed by atoms with Crippen molar-refractivity contribution in [1.82, 2.24) is 4.98 Å². The zero-order valence-corrected chi connectivity index (χ0v) is 16.8. The molecule has 0 saturated heterocycles. The number of benzene rings is 3. The highest BCUT2D eigenvalue weighted by Gasteiger charge is 2.25. The Labute approximate surface area is 170 Å². The van der Waals surface area contributed by atoms with Gasteiger partial charge < -0.3 is 0 Å². The lowest BCUT2D eigenvalue weighted by atomic mass is 10.2. The van der Waals surface area contributed by atoms with E-state index in [4.69, 9.17) is 0 Å². The lowest BCUT2D eigenvalue weighted by molar-refractivity contribution is -0.387. The maximum Gasteiger partial charge on any atom is 0.289 e. The molecule has 0 spiro atoms. The van der Waals surface area contributed by atoms with Gasteiger partial charge in [-0.3, -0.25) is 14.8 Å². The molecule has 0 atom stereocenters. The third kappa shape index (κ3) is 3.82. The van der Waals surface area contributed by atoms with Gasteiger partial charge in [0.25, 0.3) is 15.7 Å². The number of nitrogens with one attached hydrogen (secondary N) is 1. The summed E-state index contributed by atoms with van der Waals surface area (Å²) in [7, 11) is -4.10. The van der Waals surface area contributed by atoms with Crippen LogP contribution in [0.4, 0.5) is 11.4 Å². The number of rotatable bonds is 5. The van der Waals surface area contributed by atoms with Gasteiger partial charge in [0, 0.05) is 17.3 Å². The summed E-state index contributed by atoms with van der Waals surface area (Å²) in [5.41, 5.74) is 2.77. The second-order valence-corrected chi connectivity index (χ2v) is 9.08. The molecule has 4 rings (SSSR count). The minimum atomic E-state index is -4.10. The Morgan fingerprint density at radius 1 is 1.03 bits per heavy atom. The first kappa shape index (κ1) is 19.0. The van der Waals surface area contributed by atoms with E-state index >= 15 is 0 Å². The highest BCUT2D eigenvalue weighted by atomic mass is 32.2. The van der Waals surface area contributed by atoms with E-state index in [1.807, 2.05) is 19.1 Å². The molecular weight excluding hydrogens is 410 g/mol. The first-order valence-electron chi connectivity index (χ1n) is 8.57. The number of nitro groups is 1.